The summed E-state index contributed by atoms with van der Waals surface area (Å²) in [6.45, 7) is 9.36. The largest absolute Gasteiger partial charge is 0.459 e. The van der Waals surface area contributed by atoms with Gasteiger partial charge in [0.05, 0.1) is 33.0 Å². The molecule has 0 aromatic rings. The smallest absolute Gasteiger partial charge is 0.286 e. The van der Waals surface area contributed by atoms with E-state index in [9.17, 15) is 4.79 Å². The molecule has 1 aliphatic heterocycles. The van der Waals surface area contributed by atoms with Gasteiger partial charge in [-0.3, -0.25) is 4.79 Å². The summed E-state index contributed by atoms with van der Waals surface area (Å²) >= 11 is 0. The van der Waals surface area contributed by atoms with Gasteiger partial charge in [-0.15, -0.1) is 0 Å². The van der Waals surface area contributed by atoms with E-state index in [0.717, 1.165) is 6.42 Å². The van der Waals surface area contributed by atoms with Crippen LogP contribution in [0.3, 0.4) is 0 Å². The number of hydrogen-bond acceptors (Lipinski definition) is 7. The Kier molecular flexibility index (Phi) is 13.1. The zero-order valence-corrected chi connectivity index (χ0v) is 17.6. The highest BCUT2D eigenvalue weighted by atomic mass is 16.7. The molecule has 0 aromatic carbocycles. The average molecular weight is 404 g/mol. The minimum atomic E-state index is -0.486. The third-order valence-electron chi connectivity index (χ3n) is 4.55. The molecule has 8 nitrogen and oxygen atoms in total. The molecule has 1 amide bonds. The second-order valence-corrected chi connectivity index (χ2v) is 6.94. The first kappa shape index (κ1) is 24.8. The SMILES string of the molecule is CCO[C@H]1OC(C(=O)NCCOC)=C[C@@H](C(C)C)[C@H]1CCOCCOCCO. The zero-order valence-electron chi connectivity index (χ0n) is 17.6. The topological polar surface area (TPSA) is 95.5 Å². The van der Waals surface area contributed by atoms with Crippen molar-refractivity contribution < 1.29 is 33.6 Å². The Hall–Kier alpha value is -1.19. The quantitative estimate of drug-likeness (QED) is 0.398. The number of aliphatic hydroxyl groups is 1. The highest BCUT2D eigenvalue weighted by molar-refractivity contribution is 5.91. The van der Waals surface area contributed by atoms with Crippen molar-refractivity contribution in [2.45, 2.75) is 33.5 Å². The van der Waals surface area contributed by atoms with Crippen LogP contribution in [0.5, 0.6) is 0 Å². The third-order valence-corrected chi connectivity index (χ3v) is 4.55. The fraction of sp³-hybridized carbons (Fsp3) is 0.850. The van der Waals surface area contributed by atoms with Crippen molar-refractivity contribution in [3.8, 4) is 0 Å². The molecule has 2 N–H and O–H groups in total. The van der Waals surface area contributed by atoms with Crippen molar-refractivity contribution >= 4 is 5.91 Å². The van der Waals surface area contributed by atoms with Crippen molar-refractivity contribution in [1.82, 2.24) is 5.32 Å². The molecule has 0 aromatic heterocycles. The summed E-state index contributed by atoms with van der Waals surface area (Å²) < 4.78 is 27.5. The van der Waals surface area contributed by atoms with Gasteiger partial charge in [0.1, 0.15) is 0 Å². The van der Waals surface area contributed by atoms with Crippen molar-refractivity contribution in [2.75, 3.05) is 59.9 Å². The molecule has 0 saturated carbocycles. The third kappa shape index (κ3) is 8.87. The highest BCUT2D eigenvalue weighted by Crippen LogP contribution is 2.36. The number of carbonyl (C=O) groups excluding carboxylic acids is 1. The molecule has 28 heavy (non-hydrogen) atoms. The molecule has 0 bridgehead atoms. The van der Waals surface area contributed by atoms with E-state index in [4.69, 9.17) is 28.8 Å². The first-order valence-corrected chi connectivity index (χ1v) is 10.1. The first-order chi connectivity index (χ1) is 13.5. The Balaban J connectivity index is 2.68. The summed E-state index contributed by atoms with van der Waals surface area (Å²) in [5.74, 6) is 0.619. The van der Waals surface area contributed by atoms with E-state index < -0.39 is 6.29 Å². The first-order valence-electron chi connectivity index (χ1n) is 10.1. The summed E-state index contributed by atoms with van der Waals surface area (Å²) in [4.78, 5) is 12.4. The van der Waals surface area contributed by atoms with E-state index in [0.29, 0.717) is 57.9 Å². The van der Waals surface area contributed by atoms with E-state index in [-0.39, 0.29) is 24.3 Å². The maximum atomic E-state index is 12.4. The number of ether oxygens (including phenoxy) is 5. The van der Waals surface area contributed by atoms with Gasteiger partial charge in [-0.25, -0.2) is 0 Å². The lowest BCUT2D eigenvalue weighted by Gasteiger charge is -2.38. The number of rotatable bonds is 15. The van der Waals surface area contributed by atoms with Gasteiger partial charge in [0.25, 0.3) is 5.91 Å². The molecule has 0 fully saturated rings. The molecule has 0 spiro atoms. The predicted octanol–water partition coefficient (Wildman–Crippen LogP) is 1.33. The minimum absolute atomic E-state index is 0.0131. The summed E-state index contributed by atoms with van der Waals surface area (Å²) in [6, 6.07) is 0. The number of allylic oxidation sites excluding steroid dienone is 1. The van der Waals surface area contributed by atoms with Crippen LogP contribution in [0.15, 0.2) is 11.8 Å². The molecule has 164 valence electrons. The van der Waals surface area contributed by atoms with Crippen LogP contribution >= 0.6 is 0 Å². The Morgan fingerprint density at radius 2 is 1.93 bits per heavy atom. The maximum Gasteiger partial charge on any atom is 0.286 e. The standard InChI is InChI=1S/C20H37NO7/c1-5-27-20-16(6-9-25-12-13-26-11-8-22)17(15(2)3)14-18(28-20)19(23)21-7-10-24-4/h14-17,20,22H,5-13H2,1-4H3,(H,21,23)/t16-,17+,20+/m1/s1. The van der Waals surface area contributed by atoms with Gasteiger partial charge in [-0.2, -0.15) is 0 Å². The molecular formula is C20H37NO7. The fourth-order valence-electron chi connectivity index (χ4n) is 3.16. The molecular weight excluding hydrogens is 366 g/mol. The van der Waals surface area contributed by atoms with Crippen LogP contribution in [0.4, 0.5) is 0 Å². The highest BCUT2D eigenvalue weighted by Gasteiger charge is 2.38. The number of nitrogens with one attached hydrogen (secondary N) is 1. The molecule has 0 aliphatic carbocycles. The Morgan fingerprint density at radius 3 is 2.54 bits per heavy atom. The number of carbonyl (C=O) groups is 1. The molecule has 1 aliphatic rings. The number of hydrogen-bond donors (Lipinski definition) is 2. The lowest BCUT2D eigenvalue weighted by Crippen LogP contribution is -2.42. The van der Waals surface area contributed by atoms with E-state index in [1.807, 2.05) is 13.0 Å². The van der Waals surface area contributed by atoms with Crippen molar-refractivity contribution in [1.29, 1.82) is 0 Å². The summed E-state index contributed by atoms with van der Waals surface area (Å²) in [7, 11) is 1.59. The van der Waals surface area contributed by atoms with E-state index in [1.54, 1.807) is 7.11 Å². The van der Waals surface area contributed by atoms with Crippen molar-refractivity contribution in [3.63, 3.8) is 0 Å². The Labute approximate surface area is 168 Å². The van der Waals surface area contributed by atoms with Gasteiger partial charge in [0.15, 0.2) is 5.76 Å². The van der Waals surface area contributed by atoms with Gasteiger partial charge in [0, 0.05) is 32.8 Å². The van der Waals surface area contributed by atoms with Gasteiger partial charge in [0.2, 0.25) is 6.29 Å². The predicted molar refractivity (Wildman–Crippen MR) is 105 cm³/mol. The summed E-state index contributed by atoms with van der Waals surface area (Å²) in [6.07, 6.45) is 2.18. The normalized spacial score (nSPS) is 22.1. The molecule has 1 heterocycles. The van der Waals surface area contributed by atoms with E-state index in [2.05, 4.69) is 19.2 Å². The minimum Gasteiger partial charge on any atom is -0.459 e. The van der Waals surface area contributed by atoms with Crippen LogP contribution in [0.2, 0.25) is 0 Å². The summed E-state index contributed by atoms with van der Waals surface area (Å²) in [5, 5.41) is 11.5. The molecule has 8 heteroatoms. The lowest BCUT2D eigenvalue weighted by molar-refractivity contribution is -0.177. The maximum absolute atomic E-state index is 12.4. The molecule has 3 atom stereocenters. The Bertz CT molecular complexity index is 456. The average Bonchev–Trinajstić information content (AvgIpc) is 2.68. The second-order valence-electron chi connectivity index (χ2n) is 6.94. The molecule has 0 radical (unpaired) electrons. The van der Waals surface area contributed by atoms with E-state index >= 15 is 0 Å². The van der Waals surface area contributed by atoms with Gasteiger partial charge in [-0.05, 0) is 31.3 Å². The molecule has 1 rings (SSSR count). The number of aliphatic hydroxyl groups excluding tert-OH is 1. The summed E-state index contributed by atoms with van der Waals surface area (Å²) in [5.41, 5.74) is 0. The van der Waals surface area contributed by atoms with E-state index in [1.165, 1.54) is 0 Å². The molecule has 0 unspecified atom stereocenters. The van der Waals surface area contributed by atoms with Gasteiger partial charge < -0.3 is 34.1 Å². The van der Waals surface area contributed by atoms with Crippen molar-refractivity contribution in [2.24, 2.45) is 17.8 Å². The van der Waals surface area contributed by atoms with Crippen LogP contribution in [0, 0.1) is 17.8 Å². The Morgan fingerprint density at radius 1 is 1.21 bits per heavy atom. The van der Waals surface area contributed by atoms with Crippen LogP contribution in [0.1, 0.15) is 27.2 Å². The van der Waals surface area contributed by atoms with Crippen LogP contribution in [-0.4, -0.2) is 77.2 Å². The molecule has 0 saturated heterocycles. The van der Waals surface area contributed by atoms with Crippen molar-refractivity contribution in [3.05, 3.63) is 11.8 Å². The lowest BCUT2D eigenvalue weighted by atomic mass is 9.79. The second kappa shape index (κ2) is 14.8. The van der Waals surface area contributed by atoms with Crippen LogP contribution in [-0.2, 0) is 28.5 Å². The fourth-order valence-corrected chi connectivity index (χ4v) is 3.16. The monoisotopic (exact) mass is 403 g/mol. The van der Waals surface area contributed by atoms with Gasteiger partial charge in [-0.1, -0.05) is 13.8 Å². The van der Waals surface area contributed by atoms with Crippen LogP contribution < -0.4 is 5.32 Å². The number of methoxy groups -OCH3 is 1. The number of amides is 1. The zero-order chi connectivity index (χ0) is 20.8. The van der Waals surface area contributed by atoms with Crippen LogP contribution in [0.25, 0.3) is 0 Å². The van der Waals surface area contributed by atoms with Gasteiger partial charge >= 0.3 is 0 Å².